The first-order chi connectivity index (χ1) is 8.59. The van der Waals surface area contributed by atoms with Crippen LogP contribution in [0, 0.1) is 5.82 Å². The lowest BCUT2D eigenvalue weighted by Gasteiger charge is -2.12. The van der Waals surface area contributed by atoms with E-state index in [-0.39, 0.29) is 5.82 Å². The lowest BCUT2D eigenvalue weighted by molar-refractivity contribution is 0.195. The third kappa shape index (κ3) is 2.91. The molecule has 1 heterocycles. The molecule has 2 aromatic rings. The SMILES string of the molecule is CC(O)c1cccc(F)c1Sc1ncccc1Br. The first-order valence-electron chi connectivity index (χ1n) is 5.34. The van der Waals surface area contributed by atoms with E-state index in [4.69, 9.17) is 0 Å². The van der Waals surface area contributed by atoms with Crippen molar-refractivity contribution in [1.29, 1.82) is 0 Å². The highest BCUT2D eigenvalue weighted by Crippen LogP contribution is 2.37. The van der Waals surface area contributed by atoms with Crippen molar-refractivity contribution in [2.24, 2.45) is 0 Å². The van der Waals surface area contributed by atoms with E-state index in [1.165, 1.54) is 17.8 Å². The Labute approximate surface area is 117 Å². The van der Waals surface area contributed by atoms with Crippen molar-refractivity contribution in [1.82, 2.24) is 4.98 Å². The van der Waals surface area contributed by atoms with E-state index in [9.17, 15) is 9.50 Å². The molecule has 0 saturated heterocycles. The third-order valence-corrected chi connectivity index (χ3v) is 4.43. The fourth-order valence-electron chi connectivity index (χ4n) is 1.51. The van der Waals surface area contributed by atoms with E-state index in [2.05, 4.69) is 20.9 Å². The Hall–Kier alpha value is -0.910. The van der Waals surface area contributed by atoms with Gasteiger partial charge in [-0.2, -0.15) is 0 Å². The minimum Gasteiger partial charge on any atom is -0.389 e. The Morgan fingerprint density at radius 3 is 2.78 bits per heavy atom. The van der Waals surface area contributed by atoms with Crippen molar-refractivity contribution in [3.8, 4) is 0 Å². The fourth-order valence-corrected chi connectivity index (χ4v) is 3.00. The highest BCUT2D eigenvalue weighted by atomic mass is 79.9. The van der Waals surface area contributed by atoms with Crippen LogP contribution in [0.4, 0.5) is 4.39 Å². The average molecular weight is 328 g/mol. The van der Waals surface area contributed by atoms with Crippen molar-refractivity contribution in [3.05, 3.63) is 52.4 Å². The zero-order valence-corrected chi connectivity index (χ0v) is 12.0. The summed E-state index contributed by atoms with van der Waals surface area (Å²) in [5.41, 5.74) is 0.567. The summed E-state index contributed by atoms with van der Waals surface area (Å²) in [6.45, 7) is 1.62. The molecule has 1 N–H and O–H groups in total. The summed E-state index contributed by atoms with van der Waals surface area (Å²) in [6, 6.07) is 8.33. The number of hydrogen-bond acceptors (Lipinski definition) is 3. The fraction of sp³-hybridized carbons (Fsp3) is 0.154. The molecule has 0 aliphatic heterocycles. The second-order valence-electron chi connectivity index (χ2n) is 3.73. The maximum atomic E-state index is 13.9. The minimum atomic E-state index is -0.717. The normalized spacial score (nSPS) is 12.4. The van der Waals surface area contributed by atoms with Crippen molar-refractivity contribution < 1.29 is 9.50 Å². The van der Waals surface area contributed by atoms with Gasteiger partial charge in [-0.1, -0.05) is 23.9 Å². The topological polar surface area (TPSA) is 33.1 Å². The quantitative estimate of drug-likeness (QED) is 0.917. The van der Waals surface area contributed by atoms with Crippen molar-refractivity contribution >= 4 is 27.7 Å². The summed E-state index contributed by atoms with van der Waals surface area (Å²) in [4.78, 5) is 4.59. The van der Waals surface area contributed by atoms with Crippen molar-refractivity contribution in [3.63, 3.8) is 0 Å². The third-order valence-electron chi connectivity index (χ3n) is 2.37. The number of pyridine rings is 1. The van der Waals surface area contributed by atoms with E-state index in [0.717, 1.165) is 4.47 Å². The van der Waals surface area contributed by atoms with E-state index in [1.54, 1.807) is 31.3 Å². The molecule has 0 aliphatic carbocycles. The van der Waals surface area contributed by atoms with Crippen molar-refractivity contribution in [2.45, 2.75) is 22.9 Å². The van der Waals surface area contributed by atoms with Gasteiger partial charge in [0.15, 0.2) is 0 Å². The van der Waals surface area contributed by atoms with Gasteiger partial charge >= 0.3 is 0 Å². The lowest BCUT2D eigenvalue weighted by atomic mass is 10.1. The molecular formula is C13H11BrFNOS. The summed E-state index contributed by atoms with van der Waals surface area (Å²) in [5, 5.41) is 10.3. The van der Waals surface area contributed by atoms with Crippen LogP contribution < -0.4 is 0 Å². The molecule has 1 aromatic carbocycles. The molecule has 0 bridgehead atoms. The van der Waals surface area contributed by atoms with E-state index in [0.29, 0.717) is 15.5 Å². The molecule has 1 unspecified atom stereocenters. The van der Waals surface area contributed by atoms with Crippen LogP contribution in [0.15, 0.2) is 50.9 Å². The Morgan fingerprint density at radius 2 is 2.11 bits per heavy atom. The number of rotatable bonds is 3. The number of aliphatic hydroxyl groups is 1. The molecule has 0 radical (unpaired) electrons. The molecule has 5 heteroatoms. The van der Waals surface area contributed by atoms with Crippen LogP contribution in [-0.2, 0) is 0 Å². The number of halogens is 2. The first-order valence-corrected chi connectivity index (χ1v) is 6.95. The summed E-state index contributed by atoms with van der Waals surface area (Å²) >= 11 is 4.57. The van der Waals surface area contributed by atoms with Gasteiger partial charge in [0.25, 0.3) is 0 Å². The lowest BCUT2D eigenvalue weighted by Crippen LogP contribution is -1.97. The van der Waals surface area contributed by atoms with Gasteiger partial charge in [-0.05, 0) is 46.6 Å². The summed E-state index contributed by atoms with van der Waals surface area (Å²) < 4.78 is 14.7. The largest absolute Gasteiger partial charge is 0.389 e. The standard InChI is InChI=1S/C13H11BrFNOS/c1-8(17)9-4-2-6-11(15)12(9)18-13-10(14)5-3-7-16-13/h2-8,17H,1H3. The van der Waals surface area contributed by atoms with Gasteiger partial charge in [0.1, 0.15) is 10.8 Å². The maximum absolute atomic E-state index is 13.9. The van der Waals surface area contributed by atoms with Gasteiger partial charge in [0.2, 0.25) is 0 Å². The molecular weight excluding hydrogens is 317 g/mol. The van der Waals surface area contributed by atoms with E-state index < -0.39 is 6.10 Å². The number of nitrogens with zero attached hydrogens (tertiary/aromatic N) is 1. The molecule has 1 atom stereocenters. The number of benzene rings is 1. The number of aromatic nitrogens is 1. The van der Waals surface area contributed by atoms with Crippen LogP contribution in [0.2, 0.25) is 0 Å². The monoisotopic (exact) mass is 327 g/mol. The predicted octanol–water partition coefficient (Wildman–Crippen LogP) is 4.19. The molecule has 94 valence electrons. The number of aliphatic hydroxyl groups excluding tert-OH is 1. The smallest absolute Gasteiger partial charge is 0.137 e. The Bertz CT molecular complexity index is 562. The minimum absolute atomic E-state index is 0.351. The first kappa shape index (κ1) is 13.5. The molecule has 0 amide bonds. The van der Waals surface area contributed by atoms with Crippen LogP contribution in [-0.4, -0.2) is 10.1 Å². The molecule has 2 nitrogen and oxygen atoms in total. The molecule has 18 heavy (non-hydrogen) atoms. The maximum Gasteiger partial charge on any atom is 0.137 e. The molecule has 0 saturated carbocycles. The Morgan fingerprint density at radius 1 is 1.33 bits per heavy atom. The zero-order chi connectivity index (χ0) is 13.1. The van der Waals surface area contributed by atoms with Gasteiger partial charge in [-0.15, -0.1) is 0 Å². The van der Waals surface area contributed by atoms with Crippen LogP contribution in [0.5, 0.6) is 0 Å². The van der Waals surface area contributed by atoms with Gasteiger partial charge in [-0.3, -0.25) is 0 Å². The van der Waals surface area contributed by atoms with E-state index in [1.807, 2.05) is 6.07 Å². The second-order valence-corrected chi connectivity index (χ2v) is 5.58. The second kappa shape index (κ2) is 5.82. The highest BCUT2D eigenvalue weighted by molar-refractivity contribution is 9.10. The zero-order valence-electron chi connectivity index (χ0n) is 9.60. The molecule has 1 aromatic heterocycles. The Balaban J connectivity index is 2.43. The Kier molecular flexibility index (Phi) is 4.37. The van der Waals surface area contributed by atoms with Gasteiger partial charge in [0.05, 0.1) is 15.5 Å². The summed E-state index contributed by atoms with van der Waals surface area (Å²) in [7, 11) is 0. The molecule has 0 fully saturated rings. The molecule has 2 rings (SSSR count). The molecule has 0 aliphatic rings. The van der Waals surface area contributed by atoms with Crippen molar-refractivity contribution in [2.75, 3.05) is 0 Å². The predicted molar refractivity (Wildman–Crippen MR) is 73.1 cm³/mol. The van der Waals surface area contributed by atoms with Gasteiger partial charge in [0, 0.05) is 6.20 Å². The molecule has 0 spiro atoms. The van der Waals surface area contributed by atoms with Crippen LogP contribution >= 0.6 is 27.7 Å². The average Bonchev–Trinajstić information content (AvgIpc) is 2.34. The highest BCUT2D eigenvalue weighted by Gasteiger charge is 2.15. The van der Waals surface area contributed by atoms with Crippen LogP contribution in [0.25, 0.3) is 0 Å². The van der Waals surface area contributed by atoms with Crippen LogP contribution in [0.1, 0.15) is 18.6 Å². The number of hydrogen-bond donors (Lipinski definition) is 1. The van der Waals surface area contributed by atoms with Gasteiger partial charge in [-0.25, -0.2) is 9.37 Å². The van der Waals surface area contributed by atoms with Crippen LogP contribution in [0.3, 0.4) is 0 Å². The summed E-state index contributed by atoms with van der Waals surface area (Å²) in [6.07, 6.45) is 0.932. The van der Waals surface area contributed by atoms with Gasteiger partial charge < -0.3 is 5.11 Å². The summed E-state index contributed by atoms with van der Waals surface area (Å²) in [5.74, 6) is -0.351. The van der Waals surface area contributed by atoms with E-state index >= 15 is 0 Å².